The molecule has 0 saturated carbocycles. The van der Waals surface area contributed by atoms with Gasteiger partial charge in [-0.2, -0.15) is 0 Å². The van der Waals surface area contributed by atoms with Crippen LogP contribution in [0.3, 0.4) is 0 Å². The van der Waals surface area contributed by atoms with Crippen LogP contribution in [0.4, 0.5) is 5.69 Å². The van der Waals surface area contributed by atoms with Gasteiger partial charge in [-0.25, -0.2) is 0 Å². The minimum absolute atomic E-state index is 0.543. The fraction of sp³-hybridized carbons (Fsp3) is 0.647. The summed E-state index contributed by atoms with van der Waals surface area (Å²) in [6.07, 6.45) is 4.00. The number of hydrogen-bond donors (Lipinski definition) is 1. The molecule has 1 heterocycles. The van der Waals surface area contributed by atoms with Crippen molar-refractivity contribution in [2.75, 3.05) is 46.2 Å². The standard InChI is InChI=1S/C17H29N3/c1-18-13-15-7-5-6-12-20(4)17(15)14-8-10-16(11-9-14)19(2)3/h8-11,15,17-18H,5-7,12-13H2,1-4H3. The van der Waals surface area contributed by atoms with Crippen molar-refractivity contribution >= 4 is 5.69 Å². The van der Waals surface area contributed by atoms with E-state index < -0.39 is 0 Å². The topological polar surface area (TPSA) is 18.5 Å². The lowest BCUT2D eigenvalue weighted by molar-refractivity contribution is 0.191. The molecule has 1 saturated heterocycles. The van der Waals surface area contributed by atoms with Crippen molar-refractivity contribution < 1.29 is 0 Å². The van der Waals surface area contributed by atoms with Crippen LogP contribution < -0.4 is 10.2 Å². The molecule has 0 radical (unpaired) electrons. The molecular weight excluding hydrogens is 246 g/mol. The largest absolute Gasteiger partial charge is 0.378 e. The lowest BCUT2D eigenvalue weighted by atomic mass is 9.89. The maximum absolute atomic E-state index is 3.38. The molecule has 3 heteroatoms. The summed E-state index contributed by atoms with van der Waals surface area (Å²) < 4.78 is 0. The van der Waals surface area contributed by atoms with E-state index in [4.69, 9.17) is 0 Å². The second kappa shape index (κ2) is 7.09. The molecule has 2 atom stereocenters. The number of hydrogen-bond acceptors (Lipinski definition) is 3. The normalized spacial score (nSPS) is 24.4. The van der Waals surface area contributed by atoms with Gasteiger partial charge >= 0.3 is 0 Å². The van der Waals surface area contributed by atoms with Crippen LogP contribution in [0.1, 0.15) is 30.9 Å². The highest BCUT2D eigenvalue weighted by molar-refractivity contribution is 5.46. The minimum Gasteiger partial charge on any atom is -0.378 e. The fourth-order valence-electron chi connectivity index (χ4n) is 3.40. The number of benzene rings is 1. The molecule has 2 unspecified atom stereocenters. The molecule has 1 N–H and O–H groups in total. The number of anilines is 1. The Kier molecular flexibility index (Phi) is 5.44. The van der Waals surface area contributed by atoms with Crippen LogP contribution in [0.15, 0.2) is 24.3 Å². The van der Waals surface area contributed by atoms with E-state index in [9.17, 15) is 0 Å². The van der Waals surface area contributed by atoms with Crippen LogP contribution in [0.2, 0.25) is 0 Å². The number of nitrogens with zero attached hydrogens (tertiary/aromatic N) is 2. The Bertz CT molecular complexity index is 399. The molecule has 1 aliphatic heterocycles. The first kappa shape index (κ1) is 15.3. The van der Waals surface area contributed by atoms with Gasteiger partial charge < -0.3 is 10.2 Å². The summed E-state index contributed by atoms with van der Waals surface area (Å²) in [5.74, 6) is 0.706. The van der Waals surface area contributed by atoms with Crippen LogP contribution in [0.5, 0.6) is 0 Å². The minimum atomic E-state index is 0.543. The maximum Gasteiger partial charge on any atom is 0.0385 e. The zero-order chi connectivity index (χ0) is 14.5. The summed E-state index contributed by atoms with van der Waals surface area (Å²) in [6.45, 7) is 2.31. The van der Waals surface area contributed by atoms with Crippen LogP contribution in [-0.2, 0) is 0 Å². The van der Waals surface area contributed by atoms with Crippen molar-refractivity contribution in [2.45, 2.75) is 25.3 Å². The van der Waals surface area contributed by atoms with E-state index in [1.807, 2.05) is 0 Å². The lowest BCUT2D eigenvalue weighted by Gasteiger charge is -2.33. The molecule has 0 spiro atoms. The Morgan fingerprint density at radius 1 is 1.20 bits per heavy atom. The Morgan fingerprint density at radius 2 is 1.90 bits per heavy atom. The average molecular weight is 275 g/mol. The van der Waals surface area contributed by atoms with E-state index in [1.165, 1.54) is 37.1 Å². The van der Waals surface area contributed by atoms with E-state index in [2.05, 4.69) is 67.6 Å². The third-order valence-corrected chi connectivity index (χ3v) is 4.47. The molecule has 0 aliphatic carbocycles. The zero-order valence-corrected chi connectivity index (χ0v) is 13.4. The van der Waals surface area contributed by atoms with E-state index in [0.717, 1.165) is 6.54 Å². The smallest absolute Gasteiger partial charge is 0.0385 e. The molecule has 20 heavy (non-hydrogen) atoms. The van der Waals surface area contributed by atoms with Gasteiger partial charge in [-0.15, -0.1) is 0 Å². The summed E-state index contributed by atoms with van der Waals surface area (Å²) >= 11 is 0. The molecule has 0 amide bonds. The molecule has 0 aromatic heterocycles. The predicted octanol–water partition coefficient (Wildman–Crippen LogP) is 2.75. The molecule has 0 bridgehead atoms. The van der Waals surface area contributed by atoms with E-state index in [0.29, 0.717) is 12.0 Å². The Balaban J connectivity index is 2.24. The molecule has 3 nitrogen and oxygen atoms in total. The van der Waals surface area contributed by atoms with Crippen LogP contribution >= 0.6 is 0 Å². The van der Waals surface area contributed by atoms with Gasteiger partial charge in [0.15, 0.2) is 0 Å². The fourth-order valence-corrected chi connectivity index (χ4v) is 3.40. The number of likely N-dealkylation sites (tertiary alicyclic amines) is 1. The molecule has 1 fully saturated rings. The zero-order valence-electron chi connectivity index (χ0n) is 13.4. The van der Waals surface area contributed by atoms with Crippen molar-refractivity contribution in [3.63, 3.8) is 0 Å². The molecule has 1 aliphatic rings. The van der Waals surface area contributed by atoms with E-state index >= 15 is 0 Å². The van der Waals surface area contributed by atoms with Crippen LogP contribution in [-0.4, -0.2) is 46.2 Å². The quantitative estimate of drug-likeness (QED) is 0.911. The Hall–Kier alpha value is -1.06. The van der Waals surface area contributed by atoms with Crippen molar-refractivity contribution in [3.8, 4) is 0 Å². The first-order valence-electron chi connectivity index (χ1n) is 7.75. The summed E-state index contributed by atoms with van der Waals surface area (Å²) in [4.78, 5) is 4.70. The number of rotatable bonds is 4. The third-order valence-electron chi connectivity index (χ3n) is 4.47. The first-order chi connectivity index (χ1) is 9.63. The van der Waals surface area contributed by atoms with Gasteiger partial charge in [-0.05, 0) is 63.6 Å². The second-order valence-electron chi connectivity index (χ2n) is 6.22. The van der Waals surface area contributed by atoms with Gasteiger partial charge in [-0.3, -0.25) is 4.90 Å². The molecule has 112 valence electrons. The van der Waals surface area contributed by atoms with Crippen LogP contribution in [0, 0.1) is 5.92 Å². The molecule has 1 aromatic rings. The van der Waals surface area contributed by atoms with Crippen molar-refractivity contribution in [2.24, 2.45) is 5.92 Å². The highest BCUT2D eigenvalue weighted by Crippen LogP contribution is 2.34. The summed E-state index contributed by atoms with van der Waals surface area (Å²) in [6, 6.07) is 9.64. The molecule has 2 rings (SSSR count). The van der Waals surface area contributed by atoms with Gasteiger partial charge in [0.2, 0.25) is 0 Å². The SMILES string of the molecule is CNCC1CCCCN(C)C1c1ccc(N(C)C)cc1. The van der Waals surface area contributed by atoms with Gasteiger partial charge in [0.05, 0.1) is 0 Å². The van der Waals surface area contributed by atoms with Gasteiger partial charge in [0.25, 0.3) is 0 Å². The monoisotopic (exact) mass is 275 g/mol. The first-order valence-corrected chi connectivity index (χ1v) is 7.75. The van der Waals surface area contributed by atoms with Crippen molar-refractivity contribution in [1.29, 1.82) is 0 Å². The van der Waals surface area contributed by atoms with Crippen molar-refractivity contribution in [1.82, 2.24) is 10.2 Å². The van der Waals surface area contributed by atoms with Gasteiger partial charge in [-0.1, -0.05) is 18.6 Å². The predicted molar refractivity (Wildman–Crippen MR) is 87.4 cm³/mol. The third kappa shape index (κ3) is 3.53. The van der Waals surface area contributed by atoms with Crippen LogP contribution in [0.25, 0.3) is 0 Å². The summed E-state index contributed by atoms with van der Waals surface area (Å²) in [5, 5.41) is 3.38. The average Bonchev–Trinajstić information content (AvgIpc) is 2.61. The second-order valence-corrected chi connectivity index (χ2v) is 6.22. The highest BCUT2D eigenvalue weighted by atomic mass is 15.1. The summed E-state index contributed by atoms with van der Waals surface area (Å²) in [5.41, 5.74) is 2.73. The number of nitrogens with one attached hydrogen (secondary N) is 1. The highest BCUT2D eigenvalue weighted by Gasteiger charge is 2.28. The Morgan fingerprint density at radius 3 is 2.50 bits per heavy atom. The van der Waals surface area contributed by atoms with Gasteiger partial charge in [0.1, 0.15) is 0 Å². The van der Waals surface area contributed by atoms with Gasteiger partial charge in [0, 0.05) is 25.8 Å². The van der Waals surface area contributed by atoms with E-state index in [-0.39, 0.29) is 0 Å². The maximum atomic E-state index is 3.38. The lowest BCUT2D eigenvalue weighted by Crippen LogP contribution is -2.34. The molecular formula is C17H29N3. The van der Waals surface area contributed by atoms with Crippen molar-refractivity contribution in [3.05, 3.63) is 29.8 Å². The van der Waals surface area contributed by atoms with E-state index in [1.54, 1.807) is 0 Å². The Labute approximate surface area is 124 Å². The summed E-state index contributed by atoms with van der Waals surface area (Å²) in [7, 11) is 8.53. The molecule has 1 aromatic carbocycles.